The number of rotatable bonds is 3. The number of nitrogens with two attached hydrogens (primary N) is 1. The van der Waals surface area contributed by atoms with E-state index in [-0.39, 0.29) is 5.78 Å². The number of carbonyl (C=O) groups excluding carboxylic acids is 1. The summed E-state index contributed by atoms with van der Waals surface area (Å²) in [6.07, 6.45) is 1.90. The Morgan fingerprint density at radius 1 is 1.73 bits per heavy atom. The number of ketones is 1. The second kappa shape index (κ2) is 3.34. The van der Waals surface area contributed by atoms with Gasteiger partial charge in [0.05, 0.1) is 11.8 Å². The first-order chi connectivity index (χ1) is 5.25. The van der Waals surface area contributed by atoms with E-state index in [0.717, 1.165) is 0 Å². The smallest absolute Gasteiger partial charge is 0.167 e. The Morgan fingerprint density at radius 3 is 2.91 bits per heavy atom. The third-order valence-electron chi connectivity index (χ3n) is 1.53. The molecule has 0 aliphatic carbocycles. The van der Waals surface area contributed by atoms with Gasteiger partial charge in [0.15, 0.2) is 5.78 Å². The summed E-state index contributed by atoms with van der Waals surface area (Å²) in [5, 5.41) is 0. The van der Waals surface area contributed by atoms with Crippen LogP contribution in [0.15, 0.2) is 16.7 Å². The quantitative estimate of drug-likeness (QED) is 0.662. The summed E-state index contributed by atoms with van der Waals surface area (Å²) in [6.45, 7) is 2.16. The second-order valence-electron chi connectivity index (χ2n) is 2.35. The molecule has 0 radical (unpaired) electrons. The minimum absolute atomic E-state index is 0.0544. The monoisotopic (exact) mass is 153 g/mol. The van der Waals surface area contributed by atoms with E-state index in [1.54, 1.807) is 13.0 Å². The van der Waals surface area contributed by atoms with Crippen LogP contribution >= 0.6 is 0 Å². The predicted octanol–water partition coefficient (Wildman–Crippen LogP) is 1.12. The molecule has 0 saturated carbocycles. The van der Waals surface area contributed by atoms with Gasteiger partial charge in [0, 0.05) is 6.42 Å². The summed E-state index contributed by atoms with van der Waals surface area (Å²) in [5.74, 6) is 0.724. The molecule has 1 aromatic heterocycles. The molecule has 0 saturated heterocycles. The fourth-order valence-corrected chi connectivity index (χ4v) is 0.940. The Kier molecular flexibility index (Phi) is 2.44. The standard InChI is InChI=1S/C8H11NO2/c1-6-7(3-5-11-6)8(10)2-4-9/h3,5H,2,4,9H2,1H3. The normalized spacial score (nSPS) is 10.0. The highest BCUT2D eigenvalue weighted by Crippen LogP contribution is 2.10. The molecule has 3 nitrogen and oxygen atoms in total. The van der Waals surface area contributed by atoms with Crippen LogP contribution in [0.2, 0.25) is 0 Å². The first-order valence-electron chi connectivity index (χ1n) is 3.53. The van der Waals surface area contributed by atoms with E-state index >= 15 is 0 Å². The maximum absolute atomic E-state index is 11.2. The number of furan rings is 1. The molecule has 0 aliphatic rings. The average Bonchev–Trinajstić information content (AvgIpc) is 2.36. The minimum Gasteiger partial charge on any atom is -0.469 e. The molecular formula is C8H11NO2. The van der Waals surface area contributed by atoms with Gasteiger partial charge in [-0.1, -0.05) is 0 Å². The van der Waals surface area contributed by atoms with Crippen LogP contribution in [0.5, 0.6) is 0 Å². The van der Waals surface area contributed by atoms with E-state index in [2.05, 4.69) is 0 Å². The van der Waals surface area contributed by atoms with Gasteiger partial charge in [0.2, 0.25) is 0 Å². The van der Waals surface area contributed by atoms with Crippen LogP contribution in [0.25, 0.3) is 0 Å². The number of hydrogen-bond donors (Lipinski definition) is 1. The fourth-order valence-electron chi connectivity index (χ4n) is 0.940. The van der Waals surface area contributed by atoms with Gasteiger partial charge < -0.3 is 10.2 Å². The molecule has 11 heavy (non-hydrogen) atoms. The second-order valence-corrected chi connectivity index (χ2v) is 2.35. The van der Waals surface area contributed by atoms with E-state index in [1.165, 1.54) is 6.26 Å². The number of aryl methyl sites for hydroxylation is 1. The van der Waals surface area contributed by atoms with Crippen LogP contribution in [0.3, 0.4) is 0 Å². The van der Waals surface area contributed by atoms with E-state index in [4.69, 9.17) is 10.2 Å². The molecule has 1 aromatic rings. The third-order valence-corrected chi connectivity index (χ3v) is 1.53. The number of hydrogen-bond acceptors (Lipinski definition) is 3. The number of carbonyl (C=O) groups is 1. The van der Waals surface area contributed by atoms with Crippen molar-refractivity contribution >= 4 is 5.78 Å². The molecule has 0 fully saturated rings. The molecule has 0 spiro atoms. The van der Waals surface area contributed by atoms with Crippen molar-refractivity contribution in [2.45, 2.75) is 13.3 Å². The van der Waals surface area contributed by atoms with Crippen molar-refractivity contribution in [3.8, 4) is 0 Å². The largest absolute Gasteiger partial charge is 0.469 e. The Labute approximate surface area is 65.2 Å². The van der Waals surface area contributed by atoms with Gasteiger partial charge in [-0.05, 0) is 19.5 Å². The van der Waals surface area contributed by atoms with E-state index in [9.17, 15) is 4.79 Å². The van der Waals surface area contributed by atoms with Gasteiger partial charge in [0.1, 0.15) is 5.76 Å². The van der Waals surface area contributed by atoms with Crippen molar-refractivity contribution in [1.29, 1.82) is 0 Å². The summed E-state index contributed by atoms with van der Waals surface area (Å²) < 4.78 is 4.97. The van der Waals surface area contributed by atoms with Gasteiger partial charge >= 0.3 is 0 Å². The van der Waals surface area contributed by atoms with Crippen molar-refractivity contribution in [3.63, 3.8) is 0 Å². The Morgan fingerprint density at radius 2 is 2.45 bits per heavy atom. The topological polar surface area (TPSA) is 56.2 Å². The molecular weight excluding hydrogens is 142 g/mol. The molecule has 0 amide bonds. The Bertz CT molecular complexity index is 252. The van der Waals surface area contributed by atoms with Gasteiger partial charge in [-0.15, -0.1) is 0 Å². The fraction of sp³-hybridized carbons (Fsp3) is 0.375. The zero-order chi connectivity index (χ0) is 8.27. The summed E-state index contributed by atoms with van der Waals surface area (Å²) >= 11 is 0. The molecule has 0 unspecified atom stereocenters. The third kappa shape index (κ3) is 1.68. The SMILES string of the molecule is Cc1occc1C(=O)CCN. The molecule has 0 atom stereocenters. The lowest BCUT2D eigenvalue weighted by atomic mass is 10.1. The first-order valence-corrected chi connectivity index (χ1v) is 3.53. The van der Waals surface area contributed by atoms with E-state index in [1.807, 2.05) is 0 Å². The zero-order valence-corrected chi connectivity index (χ0v) is 6.46. The predicted molar refractivity (Wildman–Crippen MR) is 41.4 cm³/mol. The van der Waals surface area contributed by atoms with Gasteiger partial charge in [0.25, 0.3) is 0 Å². The van der Waals surface area contributed by atoms with Crippen LogP contribution in [-0.2, 0) is 0 Å². The van der Waals surface area contributed by atoms with Gasteiger partial charge in [-0.25, -0.2) is 0 Å². The summed E-state index contributed by atoms with van der Waals surface area (Å²) in [7, 11) is 0. The van der Waals surface area contributed by atoms with E-state index < -0.39 is 0 Å². The summed E-state index contributed by atoms with van der Waals surface area (Å²) in [4.78, 5) is 11.2. The van der Waals surface area contributed by atoms with Crippen molar-refractivity contribution in [3.05, 3.63) is 23.7 Å². The molecule has 2 N–H and O–H groups in total. The van der Waals surface area contributed by atoms with Crippen LogP contribution < -0.4 is 5.73 Å². The molecule has 0 bridgehead atoms. The van der Waals surface area contributed by atoms with E-state index in [0.29, 0.717) is 24.3 Å². The lowest BCUT2D eigenvalue weighted by molar-refractivity contribution is 0.0984. The maximum Gasteiger partial charge on any atom is 0.167 e. The van der Waals surface area contributed by atoms with Crippen LogP contribution in [0.4, 0.5) is 0 Å². The van der Waals surface area contributed by atoms with Crippen LogP contribution in [-0.4, -0.2) is 12.3 Å². The highest BCUT2D eigenvalue weighted by Gasteiger charge is 2.09. The van der Waals surface area contributed by atoms with Crippen molar-refractivity contribution in [2.75, 3.05) is 6.54 Å². The molecule has 3 heteroatoms. The molecule has 0 aromatic carbocycles. The molecule has 0 aliphatic heterocycles. The summed E-state index contributed by atoms with van der Waals surface area (Å²) in [6, 6.07) is 1.67. The van der Waals surface area contributed by atoms with Crippen molar-refractivity contribution in [2.24, 2.45) is 5.73 Å². The molecule has 1 rings (SSSR count). The first kappa shape index (κ1) is 8.01. The molecule has 1 heterocycles. The van der Waals surface area contributed by atoms with Gasteiger partial charge in [-0.2, -0.15) is 0 Å². The average molecular weight is 153 g/mol. The minimum atomic E-state index is 0.0544. The summed E-state index contributed by atoms with van der Waals surface area (Å²) in [5.41, 5.74) is 5.88. The lowest BCUT2D eigenvalue weighted by Crippen LogP contribution is -2.08. The van der Waals surface area contributed by atoms with Crippen LogP contribution in [0, 0.1) is 6.92 Å². The van der Waals surface area contributed by atoms with Crippen molar-refractivity contribution < 1.29 is 9.21 Å². The van der Waals surface area contributed by atoms with Crippen molar-refractivity contribution in [1.82, 2.24) is 0 Å². The highest BCUT2D eigenvalue weighted by atomic mass is 16.3. The highest BCUT2D eigenvalue weighted by molar-refractivity contribution is 5.96. The molecule has 60 valence electrons. The Hall–Kier alpha value is -1.09. The number of Topliss-reactive ketones (excluding diaryl/α,β-unsaturated/α-hetero) is 1. The zero-order valence-electron chi connectivity index (χ0n) is 6.46. The maximum atomic E-state index is 11.2. The Balaban J connectivity index is 2.76. The lowest BCUT2D eigenvalue weighted by Gasteiger charge is -1.94. The van der Waals surface area contributed by atoms with Crippen LogP contribution in [0.1, 0.15) is 22.5 Å². The van der Waals surface area contributed by atoms with Gasteiger partial charge in [-0.3, -0.25) is 4.79 Å².